The molecule has 1 unspecified atom stereocenters. The molecule has 1 atom stereocenters. The second-order valence-electron chi connectivity index (χ2n) is 7.65. The number of piperazine rings is 1. The summed E-state index contributed by atoms with van der Waals surface area (Å²) in [6.45, 7) is 9.05. The molecular formula is C23H30N4O3. The Morgan fingerprint density at radius 2 is 1.77 bits per heavy atom. The Hall–Kier alpha value is -3.09. The number of carbonyl (C=O) groups excluding carboxylic acids is 2. The zero-order chi connectivity index (χ0) is 21.5. The first kappa shape index (κ1) is 21.6. The highest BCUT2D eigenvalue weighted by molar-refractivity contribution is 5.97. The normalized spacial score (nSPS) is 15.1. The van der Waals surface area contributed by atoms with Gasteiger partial charge in [-0.1, -0.05) is 19.9 Å². The number of anilines is 1. The third-order valence-corrected chi connectivity index (χ3v) is 5.21. The Balaban J connectivity index is 1.60. The van der Waals surface area contributed by atoms with E-state index >= 15 is 0 Å². The summed E-state index contributed by atoms with van der Waals surface area (Å²) in [4.78, 5) is 34.3. The van der Waals surface area contributed by atoms with Gasteiger partial charge in [0.05, 0.1) is 6.61 Å². The van der Waals surface area contributed by atoms with E-state index in [1.807, 2.05) is 43.9 Å². The number of hydrogen-bond donors (Lipinski definition) is 1. The van der Waals surface area contributed by atoms with E-state index in [4.69, 9.17) is 4.74 Å². The van der Waals surface area contributed by atoms with E-state index < -0.39 is 6.04 Å². The molecular weight excluding hydrogens is 380 g/mol. The predicted octanol–water partition coefficient (Wildman–Crippen LogP) is 2.58. The molecule has 1 aliphatic heterocycles. The summed E-state index contributed by atoms with van der Waals surface area (Å²) in [7, 11) is 0. The molecule has 2 aromatic rings. The van der Waals surface area contributed by atoms with Crippen LogP contribution in [-0.2, 0) is 4.79 Å². The van der Waals surface area contributed by atoms with Crippen molar-refractivity contribution in [3.8, 4) is 5.75 Å². The van der Waals surface area contributed by atoms with Gasteiger partial charge in [0, 0.05) is 37.9 Å². The maximum Gasteiger partial charge on any atom is 0.251 e. The van der Waals surface area contributed by atoms with Crippen molar-refractivity contribution in [2.24, 2.45) is 5.92 Å². The van der Waals surface area contributed by atoms with E-state index in [9.17, 15) is 9.59 Å². The van der Waals surface area contributed by atoms with Crippen LogP contribution >= 0.6 is 0 Å². The molecule has 0 radical (unpaired) electrons. The quantitative estimate of drug-likeness (QED) is 0.759. The Kier molecular flexibility index (Phi) is 7.27. The van der Waals surface area contributed by atoms with Gasteiger partial charge in [0.25, 0.3) is 5.91 Å². The zero-order valence-electron chi connectivity index (χ0n) is 17.9. The van der Waals surface area contributed by atoms with Crippen LogP contribution in [0.3, 0.4) is 0 Å². The molecule has 7 heteroatoms. The summed E-state index contributed by atoms with van der Waals surface area (Å²) in [5.41, 5.74) is 0.511. The van der Waals surface area contributed by atoms with Gasteiger partial charge in [-0.25, -0.2) is 4.98 Å². The molecule has 0 spiro atoms. The molecule has 1 saturated heterocycles. The highest BCUT2D eigenvalue weighted by Crippen LogP contribution is 2.16. The van der Waals surface area contributed by atoms with Crippen LogP contribution in [0.5, 0.6) is 5.75 Å². The smallest absolute Gasteiger partial charge is 0.251 e. The molecule has 160 valence electrons. The lowest BCUT2D eigenvalue weighted by Gasteiger charge is -2.37. The number of nitrogens with zero attached hydrogens (tertiary/aromatic N) is 3. The topological polar surface area (TPSA) is 74.8 Å². The van der Waals surface area contributed by atoms with Gasteiger partial charge < -0.3 is 19.9 Å². The monoisotopic (exact) mass is 410 g/mol. The maximum absolute atomic E-state index is 13.1. The standard InChI is InChI=1S/C23H30N4O3/c1-4-30-19-10-8-18(9-11-19)22(28)25-21(17(2)3)23(29)27-15-13-26(14-16-27)20-7-5-6-12-24-20/h5-12,17,21H,4,13-16H2,1-3H3,(H,25,28). The van der Waals surface area contributed by atoms with Gasteiger partial charge in [0.1, 0.15) is 17.6 Å². The number of amides is 2. The minimum Gasteiger partial charge on any atom is -0.494 e. The summed E-state index contributed by atoms with van der Waals surface area (Å²) in [5.74, 6) is 1.34. The highest BCUT2D eigenvalue weighted by atomic mass is 16.5. The van der Waals surface area contributed by atoms with Crippen molar-refractivity contribution in [3.63, 3.8) is 0 Å². The molecule has 0 aliphatic carbocycles. The first-order chi connectivity index (χ1) is 14.5. The van der Waals surface area contributed by atoms with Crippen LogP contribution in [0, 0.1) is 5.92 Å². The number of carbonyl (C=O) groups is 2. The fourth-order valence-electron chi connectivity index (χ4n) is 3.50. The average Bonchev–Trinajstić information content (AvgIpc) is 2.78. The van der Waals surface area contributed by atoms with Crippen LogP contribution in [0.2, 0.25) is 0 Å². The number of pyridine rings is 1. The summed E-state index contributed by atoms with van der Waals surface area (Å²) in [6.07, 6.45) is 1.78. The van der Waals surface area contributed by atoms with Gasteiger partial charge >= 0.3 is 0 Å². The third-order valence-electron chi connectivity index (χ3n) is 5.21. The van der Waals surface area contributed by atoms with Crippen molar-refractivity contribution in [1.82, 2.24) is 15.2 Å². The van der Waals surface area contributed by atoms with Crippen molar-refractivity contribution >= 4 is 17.6 Å². The van der Waals surface area contributed by atoms with Gasteiger partial charge in [-0.15, -0.1) is 0 Å². The molecule has 2 amide bonds. The number of hydrogen-bond acceptors (Lipinski definition) is 5. The number of nitrogens with one attached hydrogen (secondary N) is 1. The van der Waals surface area contributed by atoms with E-state index in [0.717, 1.165) is 24.7 Å². The fraction of sp³-hybridized carbons (Fsp3) is 0.435. The first-order valence-corrected chi connectivity index (χ1v) is 10.5. The Morgan fingerprint density at radius 3 is 2.33 bits per heavy atom. The van der Waals surface area contributed by atoms with Gasteiger partial charge in [-0.3, -0.25) is 9.59 Å². The minimum absolute atomic E-state index is 0.0158. The molecule has 30 heavy (non-hydrogen) atoms. The van der Waals surface area contributed by atoms with Crippen LogP contribution in [0.4, 0.5) is 5.82 Å². The third kappa shape index (κ3) is 5.28. The predicted molar refractivity (Wildman–Crippen MR) is 117 cm³/mol. The molecule has 0 bridgehead atoms. The molecule has 1 fully saturated rings. The van der Waals surface area contributed by atoms with Crippen molar-refractivity contribution in [1.29, 1.82) is 0 Å². The van der Waals surface area contributed by atoms with Crippen LogP contribution in [0.1, 0.15) is 31.1 Å². The van der Waals surface area contributed by atoms with Crippen molar-refractivity contribution in [3.05, 3.63) is 54.2 Å². The second kappa shape index (κ2) is 10.1. The number of rotatable bonds is 7. The maximum atomic E-state index is 13.1. The van der Waals surface area contributed by atoms with Crippen molar-refractivity contribution in [2.75, 3.05) is 37.7 Å². The van der Waals surface area contributed by atoms with E-state index in [1.54, 1.807) is 30.5 Å². The molecule has 7 nitrogen and oxygen atoms in total. The molecule has 1 aromatic heterocycles. The summed E-state index contributed by atoms with van der Waals surface area (Å²) >= 11 is 0. The number of ether oxygens (including phenoxy) is 1. The molecule has 3 rings (SSSR count). The Morgan fingerprint density at radius 1 is 1.07 bits per heavy atom. The van der Waals surface area contributed by atoms with E-state index in [2.05, 4.69) is 15.2 Å². The van der Waals surface area contributed by atoms with Crippen LogP contribution in [-0.4, -0.2) is 60.5 Å². The number of benzene rings is 1. The molecule has 1 N–H and O–H groups in total. The largest absolute Gasteiger partial charge is 0.494 e. The van der Waals surface area contributed by atoms with Gasteiger partial charge in [-0.05, 0) is 49.2 Å². The lowest BCUT2D eigenvalue weighted by molar-refractivity contribution is -0.134. The molecule has 1 aromatic carbocycles. The fourth-order valence-corrected chi connectivity index (χ4v) is 3.50. The van der Waals surface area contributed by atoms with Crippen molar-refractivity contribution < 1.29 is 14.3 Å². The lowest BCUT2D eigenvalue weighted by Crippen LogP contribution is -2.56. The van der Waals surface area contributed by atoms with E-state index in [1.165, 1.54) is 0 Å². The van der Waals surface area contributed by atoms with E-state index in [0.29, 0.717) is 25.3 Å². The van der Waals surface area contributed by atoms with Gasteiger partial charge in [-0.2, -0.15) is 0 Å². The van der Waals surface area contributed by atoms with Gasteiger partial charge in [0.15, 0.2) is 0 Å². The van der Waals surface area contributed by atoms with E-state index in [-0.39, 0.29) is 17.7 Å². The number of aromatic nitrogens is 1. The van der Waals surface area contributed by atoms with Crippen LogP contribution in [0.25, 0.3) is 0 Å². The molecule has 2 heterocycles. The minimum atomic E-state index is -0.564. The summed E-state index contributed by atoms with van der Waals surface area (Å²) in [6, 6.07) is 12.2. The summed E-state index contributed by atoms with van der Waals surface area (Å²) in [5, 5.41) is 2.93. The molecule has 0 saturated carbocycles. The lowest BCUT2D eigenvalue weighted by atomic mass is 10.0. The average molecular weight is 411 g/mol. The zero-order valence-corrected chi connectivity index (χ0v) is 17.9. The SMILES string of the molecule is CCOc1ccc(C(=O)NC(C(=O)N2CCN(c3ccccn3)CC2)C(C)C)cc1. The van der Waals surface area contributed by atoms with Crippen LogP contribution < -0.4 is 15.0 Å². The Bertz CT molecular complexity index is 831. The van der Waals surface area contributed by atoms with Crippen LogP contribution in [0.15, 0.2) is 48.7 Å². The first-order valence-electron chi connectivity index (χ1n) is 10.5. The second-order valence-corrected chi connectivity index (χ2v) is 7.65. The van der Waals surface area contributed by atoms with Gasteiger partial charge in [0.2, 0.25) is 5.91 Å². The summed E-state index contributed by atoms with van der Waals surface area (Å²) < 4.78 is 5.42. The Labute approximate surface area is 178 Å². The highest BCUT2D eigenvalue weighted by Gasteiger charge is 2.31. The molecule has 1 aliphatic rings. The van der Waals surface area contributed by atoms with Crippen molar-refractivity contribution in [2.45, 2.75) is 26.8 Å².